The largest absolute Gasteiger partial charge is 0.398 e. The van der Waals surface area contributed by atoms with Crippen molar-refractivity contribution in [2.24, 2.45) is 0 Å². The molecule has 2 nitrogen and oxygen atoms in total. The number of piperazine rings is 1. The second kappa shape index (κ2) is 8.93. The highest BCUT2D eigenvalue weighted by Crippen LogP contribution is 2.34. The van der Waals surface area contributed by atoms with E-state index in [0.29, 0.717) is 41.0 Å². The molecule has 0 aromatic heterocycles. The van der Waals surface area contributed by atoms with Gasteiger partial charge in [-0.15, -0.1) is 11.8 Å². The number of rotatable bonds is 5. The first-order valence-corrected chi connectivity index (χ1v) is 10.3. The summed E-state index contributed by atoms with van der Waals surface area (Å²) in [6.45, 7) is 5.01. The number of aryl methyl sites for hydroxylation is 1. The summed E-state index contributed by atoms with van der Waals surface area (Å²) >= 11 is 6.92. The molecule has 8 heteroatoms. The van der Waals surface area contributed by atoms with E-state index in [1.165, 1.54) is 6.07 Å². The normalized spacial score (nSPS) is 15.9. The lowest BCUT2D eigenvalue weighted by Gasteiger charge is -2.36. The third-order valence-corrected chi connectivity index (χ3v) is 6.29. The zero-order valence-electron chi connectivity index (χ0n) is 15.4. The smallest absolute Gasteiger partial charge is 0.367 e. The van der Waals surface area contributed by atoms with Crippen LogP contribution in [0.25, 0.3) is 0 Å². The van der Waals surface area contributed by atoms with Crippen molar-refractivity contribution >= 4 is 29.1 Å². The van der Waals surface area contributed by atoms with Crippen molar-refractivity contribution in [2.75, 3.05) is 36.8 Å². The van der Waals surface area contributed by atoms with Crippen LogP contribution in [0.1, 0.15) is 11.1 Å². The average molecular weight is 433 g/mol. The zero-order valence-corrected chi connectivity index (χ0v) is 17.0. The topological polar surface area (TPSA) is 6.48 Å². The van der Waals surface area contributed by atoms with Gasteiger partial charge in [-0.3, -0.25) is 4.90 Å². The van der Waals surface area contributed by atoms with E-state index in [1.807, 2.05) is 29.2 Å². The maximum atomic E-state index is 14.5. The second-order valence-electron chi connectivity index (χ2n) is 6.83. The lowest BCUT2D eigenvalue weighted by atomic mass is 10.1. The summed E-state index contributed by atoms with van der Waals surface area (Å²) in [4.78, 5) is 4.60. The Kier molecular flexibility index (Phi) is 6.78. The van der Waals surface area contributed by atoms with Crippen molar-refractivity contribution in [2.45, 2.75) is 24.5 Å². The Hall–Kier alpha value is -1.44. The van der Waals surface area contributed by atoms with E-state index >= 15 is 0 Å². The van der Waals surface area contributed by atoms with E-state index in [2.05, 4.69) is 4.90 Å². The summed E-state index contributed by atoms with van der Waals surface area (Å²) in [5.41, 5.74) is 1.94. The molecule has 3 rings (SSSR count). The van der Waals surface area contributed by atoms with Gasteiger partial charge < -0.3 is 4.90 Å². The van der Waals surface area contributed by atoms with Gasteiger partial charge in [0.1, 0.15) is 5.82 Å². The highest BCUT2D eigenvalue weighted by atomic mass is 35.5. The van der Waals surface area contributed by atoms with Gasteiger partial charge in [0.2, 0.25) is 0 Å². The Morgan fingerprint density at radius 1 is 1.07 bits per heavy atom. The van der Waals surface area contributed by atoms with Gasteiger partial charge in [-0.05, 0) is 36.2 Å². The van der Waals surface area contributed by atoms with Crippen LogP contribution in [0.15, 0.2) is 41.3 Å². The molecule has 1 fully saturated rings. The SMILES string of the molecule is Cc1cc(F)c(N2CCN(Cc3ccccc3Cl)CC2)cc1SCC(F)(F)F. The molecule has 152 valence electrons. The first-order chi connectivity index (χ1) is 13.2. The van der Waals surface area contributed by atoms with Gasteiger partial charge in [-0.1, -0.05) is 29.8 Å². The highest BCUT2D eigenvalue weighted by molar-refractivity contribution is 7.99. The fraction of sp³-hybridized carbons (Fsp3) is 0.400. The number of alkyl halides is 3. The monoisotopic (exact) mass is 432 g/mol. The average Bonchev–Trinajstić information content (AvgIpc) is 2.63. The molecule has 0 N–H and O–H groups in total. The minimum Gasteiger partial charge on any atom is -0.367 e. The molecule has 0 radical (unpaired) electrons. The predicted octanol–water partition coefficient (Wildman–Crippen LogP) is 5.76. The minimum absolute atomic E-state index is 0.368. The van der Waals surface area contributed by atoms with Gasteiger partial charge in [0.25, 0.3) is 0 Å². The lowest BCUT2D eigenvalue weighted by molar-refractivity contribution is -0.105. The van der Waals surface area contributed by atoms with E-state index in [1.54, 1.807) is 13.0 Å². The van der Waals surface area contributed by atoms with Crippen molar-refractivity contribution in [1.82, 2.24) is 4.90 Å². The van der Waals surface area contributed by atoms with E-state index < -0.39 is 17.7 Å². The third kappa shape index (κ3) is 5.55. The molecular weight excluding hydrogens is 412 g/mol. The maximum Gasteiger partial charge on any atom is 0.398 e. The Balaban J connectivity index is 1.65. The molecule has 0 atom stereocenters. The van der Waals surface area contributed by atoms with Gasteiger partial charge >= 0.3 is 6.18 Å². The predicted molar refractivity (Wildman–Crippen MR) is 107 cm³/mol. The third-order valence-electron chi connectivity index (χ3n) is 4.70. The summed E-state index contributed by atoms with van der Waals surface area (Å²) in [5.74, 6) is -1.38. The van der Waals surface area contributed by atoms with Crippen molar-refractivity contribution in [3.8, 4) is 0 Å². The summed E-state index contributed by atoms with van der Waals surface area (Å²) in [5, 5.41) is 0.723. The van der Waals surface area contributed by atoms with Gasteiger partial charge in [0, 0.05) is 42.6 Å². The van der Waals surface area contributed by atoms with Gasteiger partial charge in [-0.25, -0.2) is 4.39 Å². The molecule has 0 aliphatic carbocycles. The lowest BCUT2D eigenvalue weighted by Crippen LogP contribution is -2.46. The van der Waals surface area contributed by atoms with Crippen molar-refractivity contribution < 1.29 is 17.6 Å². The number of benzene rings is 2. The van der Waals surface area contributed by atoms with Crippen LogP contribution in [0.3, 0.4) is 0 Å². The van der Waals surface area contributed by atoms with E-state index in [-0.39, 0.29) is 0 Å². The summed E-state index contributed by atoms with van der Waals surface area (Å²) in [7, 11) is 0. The van der Waals surface area contributed by atoms with E-state index in [0.717, 1.165) is 30.2 Å². The van der Waals surface area contributed by atoms with Crippen LogP contribution in [0, 0.1) is 12.7 Å². The fourth-order valence-electron chi connectivity index (χ4n) is 3.21. The number of halogens is 5. The Morgan fingerprint density at radius 2 is 1.75 bits per heavy atom. The number of nitrogens with zero attached hydrogens (tertiary/aromatic N) is 2. The standard InChI is InChI=1S/C20H21ClF4N2S/c1-14-10-17(22)18(11-19(14)28-13-20(23,24)25)27-8-6-26(7-9-27)12-15-4-2-3-5-16(15)21/h2-5,10-11H,6-9,12-13H2,1H3. The Morgan fingerprint density at radius 3 is 2.39 bits per heavy atom. The first kappa shape index (κ1) is 21.3. The second-order valence-corrected chi connectivity index (χ2v) is 8.25. The van der Waals surface area contributed by atoms with Gasteiger partial charge in [-0.2, -0.15) is 13.2 Å². The molecule has 2 aromatic carbocycles. The number of hydrogen-bond donors (Lipinski definition) is 0. The van der Waals surface area contributed by atoms with Crippen LogP contribution >= 0.6 is 23.4 Å². The number of hydrogen-bond acceptors (Lipinski definition) is 3. The molecule has 1 heterocycles. The molecule has 28 heavy (non-hydrogen) atoms. The van der Waals surface area contributed by atoms with Crippen molar-refractivity contribution in [1.29, 1.82) is 0 Å². The van der Waals surface area contributed by atoms with Gasteiger partial charge in [0.05, 0.1) is 11.4 Å². The molecule has 0 unspecified atom stereocenters. The van der Waals surface area contributed by atoms with Crippen LogP contribution < -0.4 is 4.90 Å². The Labute approximate surface area is 171 Å². The summed E-state index contributed by atoms with van der Waals surface area (Å²) in [6, 6.07) is 10.5. The molecular formula is C20H21ClF4N2S. The van der Waals surface area contributed by atoms with Crippen LogP contribution in [-0.2, 0) is 6.54 Å². The van der Waals surface area contributed by atoms with Crippen LogP contribution in [0.4, 0.5) is 23.2 Å². The maximum absolute atomic E-state index is 14.5. The molecule has 1 saturated heterocycles. The van der Waals surface area contributed by atoms with Crippen molar-refractivity contribution in [3.05, 3.63) is 58.4 Å². The highest BCUT2D eigenvalue weighted by Gasteiger charge is 2.28. The van der Waals surface area contributed by atoms with Crippen LogP contribution in [-0.4, -0.2) is 43.0 Å². The van der Waals surface area contributed by atoms with Crippen molar-refractivity contribution in [3.63, 3.8) is 0 Å². The minimum atomic E-state index is -4.25. The first-order valence-electron chi connectivity index (χ1n) is 8.93. The molecule has 0 amide bonds. The molecule has 0 bridgehead atoms. The van der Waals surface area contributed by atoms with Gasteiger partial charge in [0.15, 0.2) is 0 Å². The van der Waals surface area contributed by atoms with Crippen LogP contribution in [0.5, 0.6) is 0 Å². The van der Waals surface area contributed by atoms with Crippen LogP contribution in [0.2, 0.25) is 5.02 Å². The summed E-state index contributed by atoms with van der Waals surface area (Å²) < 4.78 is 52.1. The molecule has 0 spiro atoms. The summed E-state index contributed by atoms with van der Waals surface area (Å²) in [6.07, 6.45) is -4.25. The number of thioether (sulfide) groups is 1. The van der Waals surface area contributed by atoms with E-state index in [9.17, 15) is 17.6 Å². The molecule has 1 aliphatic heterocycles. The molecule has 2 aromatic rings. The number of anilines is 1. The Bertz CT molecular complexity index is 820. The fourth-order valence-corrected chi connectivity index (χ4v) is 4.21. The molecule has 1 aliphatic rings. The van der Waals surface area contributed by atoms with E-state index in [4.69, 9.17) is 11.6 Å². The quantitative estimate of drug-likeness (QED) is 0.438. The molecule has 0 saturated carbocycles. The zero-order chi connectivity index (χ0) is 20.3.